The molecule has 1 aliphatic heterocycles. The van der Waals surface area contributed by atoms with Gasteiger partial charge in [0.2, 0.25) is 5.91 Å². The largest absolute Gasteiger partial charge is 0.477 e. The molecule has 8 heteroatoms. The van der Waals surface area contributed by atoms with Crippen LogP contribution in [0.3, 0.4) is 0 Å². The number of anilines is 1. The van der Waals surface area contributed by atoms with Gasteiger partial charge in [-0.1, -0.05) is 49.4 Å². The molecule has 1 atom stereocenters. The standard InChI is InChI=1S/C36H39N5O3/c1-2-23-19-22(9-14-28(23)24-15-17-40(18-16-24)35(42)26-11-12-26)20-27-13-10-25-5-3-6-29(33(25)27)31-7-4-8-32(39-31)41-34(37)30(21-38-41)36(43)44/h3-9,14,19,21,24,26-27H,2,10-13,15-18,20,37H2,1H3,(H,43,44)/t27-/m1/s1. The van der Waals surface area contributed by atoms with E-state index in [1.807, 2.05) is 12.1 Å². The normalized spacial score (nSPS) is 18.4. The maximum Gasteiger partial charge on any atom is 0.341 e. The first kappa shape index (κ1) is 28.3. The summed E-state index contributed by atoms with van der Waals surface area (Å²) in [5, 5.41) is 13.6. The van der Waals surface area contributed by atoms with Gasteiger partial charge in [-0.3, -0.25) is 4.79 Å². The van der Waals surface area contributed by atoms with E-state index in [-0.39, 0.29) is 11.4 Å². The maximum absolute atomic E-state index is 12.6. The monoisotopic (exact) mass is 589 g/mol. The Morgan fingerprint density at radius 3 is 2.52 bits per heavy atom. The average Bonchev–Trinajstić information content (AvgIpc) is 3.71. The van der Waals surface area contributed by atoms with Crippen LogP contribution in [0.4, 0.5) is 5.82 Å². The van der Waals surface area contributed by atoms with Gasteiger partial charge in [-0.15, -0.1) is 0 Å². The fraction of sp³-hybridized carbons (Fsp3) is 0.389. The lowest BCUT2D eigenvalue weighted by Crippen LogP contribution is -2.38. The molecule has 0 unspecified atom stereocenters. The summed E-state index contributed by atoms with van der Waals surface area (Å²) in [7, 11) is 0. The summed E-state index contributed by atoms with van der Waals surface area (Å²) < 4.78 is 1.39. The van der Waals surface area contributed by atoms with Crippen molar-refractivity contribution in [1.82, 2.24) is 19.7 Å². The molecule has 0 radical (unpaired) electrons. The van der Waals surface area contributed by atoms with Crippen molar-refractivity contribution in [3.8, 4) is 17.1 Å². The highest BCUT2D eigenvalue weighted by Crippen LogP contribution is 2.42. The van der Waals surface area contributed by atoms with E-state index in [1.165, 1.54) is 38.7 Å². The second-order valence-electron chi connectivity index (χ2n) is 12.6. The quantitative estimate of drug-likeness (QED) is 0.254. The minimum absolute atomic E-state index is 0.0375. The SMILES string of the molecule is CCc1cc(C[C@H]2CCc3cccc(-c4cccc(-n5ncc(C(=O)O)c5N)n4)c32)ccc1C1CCN(C(=O)C2CC2)CC1. The number of carboxylic acids is 1. The molecule has 3 heterocycles. The zero-order chi connectivity index (χ0) is 30.4. The number of benzene rings is 2. The molecule has 3 N–H and O–H groups in total. The van der Waals surface area contributed by atoms with Crippen LogP contribution in [-0.2, 0) is 24.1 Å². The van der Waals surface area contributed by atoms with Gasteiger partial charge in [0.15, 0.2) is 5.82 Å². The van der Waals surface area contributed by atoms with E-state index in [1.54, 1.807) is 6.07 Å². The lowest BCUT2D eigenvalue weighted by Gasteiger charge is -2.33. The smallest absolute Gasteiger partial charge is 0.341 e. The van der Waals surface area contributed by atoms with Gasteiger partial charge in [0.1, 0.15) is 11.4 Å². The molecule has 2 aromatic carbocycles. The van der Waals surface area contributed by atoms with E-state index < -0.39 is 5.97 Å². The van der Waals surface area contributed by atoms with Gasteiger partial charge in [-0.2, -0.15) is 9.78 Å². The van der Waals surface area contributed by atoms with Crippen LogP contribution < -0.4 is 5.73 Å². The van der Waals surface area contributed by atoms with Crippen LogP contribution in [0.15, 0.2) is 60.8 Å². The molecule has 2 aliphatic carbocycles. The van der Waals surface area contributed by atoms with Crippen molar-refractivity contribution >= 4 is 17.7 Å². The minimum Gasteiger partial charge on any atom is -0.477 e. The lowest BCUT2D eigenvalue weighted by molar-refractivity contribution is -0.133. The number of hydrogen-bond acceptors (Lipinski definition) is 5. The topological polar surface area (TPSA) is 114 Å². The molecule has 3 aliphatic rings. The number of fused-ring (bicyclic) bond motifs is 1. The van der Waals surface area contributed by atoms with E-state index in [0.29, 0.717) is 29.5 Å². The molecule has 7 rings (SSSR count). The molecule has 1 amide bonds. The van der Waals surface area contributed by atoms with Crippen LogP contribution in [-0.4, -0.2) is 49.7 Å². The Morgan fingerprint density at radius 1 is 1.00 bits per heavy atom. The molecule has 1 saturated carbocycles. The van der Waals surface area contributed by atoms with E-state index in [4.69, 9.17) is 10.7 Å². The lowest BCUT2D eigenvalue weighted by atomic mass is 9.83. The number of aryl methyl sites for hydroxylation is 2. The van der Waals surface area contributed by atoms with Gasteiger partial charge >= 0.3 is 5.97 Å². The van der Waals surface area contributed by atoms with E-state index >= 15 is 0 Å². The first-order valence-corrected chi connectivity index (χ1v) is 16.0. The molecule has 0 spiro atoms. The summed E-state index contributed by atoms with van der Waals surface area (Å²) in [5.41, 5.74) is 15.0. The van der Waals surface area contributed by atoms with Gasteiger partial charge < -0.3 is 15.7 Å². The van der Waals surface area contributed by atoms with Crippen LogP contribution in [0.5, 0.6) is 0 Å². The van der Waals surface area contributed by atoms with Crippen molar-refractivity contribution in [2.75, 3.05) is 18.8 Å². The molecular weight excluding hydrogens is 550 g/mol. The van der Waals surface area contributed by atoms with Gasteiger partial charge in [-0.05, 0) is 103 Å². The summed E-state index contributed by atoms with van der Waals surface area (Å²) in [6.45, 7) is 4.02. The highest BCUT2D eigenvalue weighted by Gasteiger charge is 2.35. The molecule has 8 nitrogen and oxygen atoms in total. The van der Waals surface area contributed by atoms with Crippen LogP contribution in [0.25, 0.3) is 17.1 Å². The molecule has 1 saturated heterocycles. The van der Waals surface area contributed by atoms with Crippen LogP contribution >= 0.6 is 0 Å². The van der Waals surface area contributed by atoms with Crippen molar-refractivity contribution in [1.29, 1.82) is 0 Å². The second-order valence-corrected chi connectivity index (χ2v) is 12.6. The van der Waals surface area contributed by atoms with Crippen LogP contribution in [0, 0.1) is 5.92 Å². The molecular formula is C36H39N5O3. The summed E-state index contributed by atoms with van der Waals surface area (Å²) in [4.78, 5) is 31.0. The van der Waals surface area contributed by atoms with E-state index in [0.717, 1.165) is 75.7 Å². The molecule has 226 valence electrons. The first-order valence-electron chi connectivity index (χ1n) is 16.0. The maximum atomic E-state index is 12.6. The van der Waals surface area contributed by atoms with E-state index in [2.05, 4.69) is 53.3 Å². The Balaban J connectivity index is 1.12. The summed E-state index contributed by atoms with van der Waals surface area (Å²) in [6.07, 6.45) is 9.63. The van der Waals surface area contributed by atoms with Crippen LogP contribution in [0.2, 0.25) is 0 Å². The summed E-state index contributed by atoms with van der Waals surface area (Å²) >= 11 is 0. The summed E-state index contributed by atoms with van der Waals surface area (Å²) in [6, 6.07) is 19.3. The number of aromatic nitrogens is 3. The molecule has 2 fully saturated rings. The summed E-state index contributed by atoms with van der Waals surface area (Å²) in [5.74, 6) is 1.03. The number of nitrogen functional groups attached to an aromatic ring is 1. The number of carbonyl (C=O) groups is 2. The van der Waals surface area contributed by atoms with Crippen molar-refractivity contribution in [3.63, 3.8) is 0 Å². The number of aromatic carboxylic acids is 1. The highest BCUT2D eigenvalue weighted by atomic mass is 16.4. The minimum atomic E-state index is -1.11. The number of likely N-dealkylation sites (tertiary alicyclic amines) is 1. The zero-order valence-corrected chi connectivity index (χ0v) is 25.2. The van der Waals surface area contributed by atoms with Crippen molar-refractivity contribution in [3.05, 3.63) is 94.2 Å². The van der Waals surface area contributed by atoms with Crippen molar-refractivity contribution < 1.29 is 14.7 Å². The van der Waals surface area contributed by atoms with Gasteiger partial charge in [0, 0.05) is 24.6 Å². The number of amides is 1. The van der Waals surface area contributed by atoms with Gasteiger partial charge in [0.05, 0.1) is 11.9 Å². The Kier molecular flexibility index (Phi) is 7.44. The number of piperidine rings is 1. The Morgan fingerprint density at radius 2 is 1.80 bits per heavy atom. The third-order valence-corrected chi connectivity index (χ3v) is 9.87. The van der Waals surface area contributed by atoms with Crippen LogP contribution in [0.1, 0.15) is 89.0 Å². The molecule has 44 heavy (non-hydrogen) atoms. The number of pyridine rings is 1. The van der Waals surface area contributed by atoms with Crippen molar-refractivity contribution in [2.45, 2.75) is 70.1 Å². The van der Waals surface area contributed by atoms with E-state index in [9.17, 15) is 14.7 Å². The fourth-order valence-corrected chi connectivity index (χ4v) is 7.39. The number of carbonyl (C=O) groups excluding carboxylic acids is 1. The second kappa shape index (κ2) is 11.6. The Hall–Kier alpha value is -4.46. The number of nitrogens with zero attached hydrogens (tertiary/aromatic N) is 4. The Labute approximate surface area is 257 Å². The molecule has 0 bridgehead atoms. The average molecular weight is 590 g/mol. The third-order valence-electron chi connectivity index (χ3n) is 9.87. The molecule has 4 aromatic rings. The van der Waals surface area contributed by atoms with Crippen molar-refractivity contribution in [2.24, 2.45) is 5.92 Å². The molecule has 2 aromatic heterocycles. The number of carboxylic acid groups (broad SMARTS) is 1. The predicted molar refractivity (Wildman–Crippen MR) is 170 cm³/mol. The number of nitrogens with two attached hydrogens (primary N) is 1. The highest BCUT2D eigenvalue weighted by molar-refractivity contribution is 5.92. The third kappa shape index (κ3) is 5.27. The zero-order valence-electron chi connectivity index (χ0n) is 25.2. The number of hydrogen-bond donors (Lipinski definition) is 2. The first-order chi connectivity index (χ1) is 21.4. The van der Waals surface area contributed by atoms with Gasteiger partial charge in [-0.25, -0.2) is 9.78 Å². The Bertz CT molecular complexity index is 1730. The number of rotatable bonds is 8. The van der Waals surface area contributed by atoms with Gasteiger partial charge in [0.25, 0.3) is 0 Å². The predicted octanol–water partition coefficient (Wildman–Crippen LogP) is 6.17. The fourth-order valence-electron chi connectivity index (χ4n) is 7.39.